The Morgan fingerprint density at radius 3 is 2.49 bits per heavy atom. The second kappa shape index (κ2) is 13.4. The van der Waals surface area contributed by atoms with Gasteiger partial charge in [-0.05, 0) is 42.3 Å². The molecule has 1 N–H and O–H groups in total. The van der Waals surface area contributed by atoms with Gasteiger partial charge in [-0.15, -0.1) is 0 Å². The largest absolute Gasteiger partial charge is 1.00 e. The van der Waals surface area contributed by atoms with Crippen LogP contribution in [-0.4, -0.2) is 48.9 Å². The molecule has 0 radical (unpaired) electrons. The topological polar surface area (TPSA) is 156 Å². The van der Waals surface area contributed by atoms with Gasteiger partial charge in [-0.2, -0.15) is 4.57 Å². The third-order valence-electron chi connectivity index (χ3n) is 7.67. The summed E-state index contributed by atoms with van der Waals surface area (Å²) < 4.78 is 77.0. The van der Waals surface area contributed by atoms with Crippen LogP contribution in [0.1, 0.15) is 55.8 Å². The molecule has 3 unspecified atom stereocenters. The number of benzene rings is 2. The summed E-state index contributed by atoms with van der Waals surface area (Å²) in [6, 6.07) is 14.4. The fraction of sp³-hybridized carbons (Fsp3) is 0.357. The molecule has 0 saturated carbocycles. The number of aromatic nitrogens is 1. The van der Waals surface area contributed by atoms with Gasteiger partial charge in [0, 0.05) is 50.0 Å². The molecule has 0 aliphatic carbocycles. The van der Waals surface area contributed by atoms with E-state index in [1.807, 2.05) is 30.3 Å². The zero-order valence-corrected chi connectivity index (χ0v) is 29.0. The number of nitrogens with zero attached hydrogens (tertiary/aromatic N) is 2. The number of hydrogen-bond acceptors (Lipinski definition) is 9. The van der Waals surface area contributed by atoms with Crippen LogP contribution in [0.3, 0.4) is 0 Å². The summed E-state index contributed by atoms with van der Waals surface area (Å²) in [5.74, 6) is -1.04. The Balaban J connectivity index is 0.00000423. The Morgan fingerprint density at radius 1 is 1.12 bits per heavy atom. The van der Waals surface area contributed by atoms with E-state index in [9.17, 15) is 35.8 Å². The van der Waals surface area contributed by atoms with Gasteiger partial charge < -0.3 is 14.2 Å². The molecule has 2 aliphatic rings. The molecule has 5 rings (SSSR count). The summed E-state index contributed by atoms with van der Waals surface area (Å²) in [5, 5.41) is 7.96. The molecule has 0 bridgehead atoms. The van der Waals surface area contributed by atoms with Gasteiger partial charge in [0.1, 0.15) is 4.70 Å². The minimum Gasteiger partial charge on any atom is -0.743 e. The van der Waals surface area contributed by atoms with Crippen LogP contribution in [0.4, 0.5) is 5.69 Å². The van der Waals surface area contributed by atoms with Crippen molar-refractivity contribution in [3.05, 3.63) is 70.2 Å². The Labute approximate surface area is 281 Å². The number of quaternary nitrogens is 1. The van der Waals surface area contributed by atoms with Crippen molar-refractivity contribution in [1.29, 1.82) is 0 Å². The second-order valence-corrected chi connectivity index (χ2v) is 15.5. The van der Waals surface area contributed by atoms with Gasteiger partial charge in [0.25, 0.3) is 5.01 Å². The fourth-order valence-corrected chi connectivity index (χ4v) is 10.9. The van der Waals surface area contributed by atoms with Crippen molar-refractivity contribution < 1.29 is 70.0 Å². The van der Waals surface area contributed by atoms with Gasteiger partial charge in [0.15, 0.2) is 36.3 Å². The van der Waals surface area contributed by atoms with Crippen LogP contribution in [0.15, 0.2) is 70.1 Å². The van der Waals surface area contributed by atoms with E-state index in [-0.39, 0.29) is 59.7 Å². The number of aliphatic carboxylic acids is 1. The van der Waals surface area contributed by atoms with E-state index in [4.69, 9.17) is 0 Å². The van der Waals surface area contributed by atoms with Crippen LogP contribution in [0.2, 0.25) is 0 Å². The number of para-hydroxylation sites is 2. The fourth-order valence-electron chi connectivity index (χ4n) is 5.93. The number of thiazole rings is 1. The van der Waals surface area contributed by atoms with Crippen LogP contribution in [-0.2, 0) is 25.0 Å². The van der Waals surface area contributed by atoms with Gasteiger partial charge in [-0.25, -0.2) is 21.3 Å². The summed E-state index contributed by atoms with van der Waals surface area (Å²) in [5.41, 5.74) is 1.80. The molecule has 3 atom stereocenters. The van der Waals surface area contributed by atoms with E-state index in [2.05, 4.69) is 0 Å². The molecule has 0 amide bonds. The minimum absolute atomic E-state index is 0. The molecule has 1 saturated heterocycles. The number of allylic oxidation sites excluding steroid dienone is 2. The van der Waals surface area contributed by atoms with Crippen molar-refractivity contribution >= 4 is 71.3 Å². The third-order valence-corrected chi connectivity index (χ3v) is 12.4. The summed E-state index contributed by atoms with van der Waals surface area (Å²) in [7, 11) is -9.45. The first-order valence-electron chi connectivity index (χ1n) is 13.5. The van der Waals surface area contributed by atoms with Crippen LogP contribution in [0, 0.1) is 0 Å². The zero-order valence-electron chi connectivity index (χ0n) is 23.7. The second-order valence-electron chi connectivity index (χ2n) is 10.4. The van der Waals surface area contributed by atoms with Crippen molar-refractivity contribution in [3.8, 4) is 0 Å². The van der Waals surface area contributed by atoms with Crippen molar-refractivity contribution in [2.45, 2.75) is 61.1 Å². The predicted molar refractivity (Wildman–Crippen MR) is 160 cm³/mol. The predicted octanol–water partition coefficient (Wildman–Crippen LogP) is 1.90. The molecule has 1 aromatic heterocycles. The maximum atomic E-state index is 12.5. The Hall–Kier alpha value is -1.59. The standard InChI is InChI=1S/C28H30N2O8S4.Na/c1-2-8-25(41(33,34)35)29-20-9-3-5-11-22(20)39-24(29)17-19(14-15-28(31)32)18-26-30(16-7-13-27(30)42(36,37)38)21-10-4-6-12-23(21)40-26;/h3-6,9-12,17-18,25,27H,2,7-8,13-16H2,1H3,(H-2,31,32,33,34,35,36,37,38);/q;+1/b19-17+,26-18-;. The number of thioether (sulfide) groups is 1. The van der Waals surface area contributed by atoms with E-state index in [0.29, 0.717) is 46.2 Å². The molecule has 2 aliphatic heterocycles. The quantitative estimate of drug-likeness (QED) is 0.147. The smallest absolute Gasteiger partial charge is 0.743 e. The van der Waals surface area contributed by atoms with Gasteiger partial charge in [0.2, 0.25) is 10.9 Å². The minimum atomic E-state index is -4.75. The van der Waals surface area contributed by atoms with Crippen molar-refractivity contribution in [1.82, 2.24) is 4.48 Å². The number of hydrogen-bond donors (Lipinski definition) is 1. The van der Waals surface area contributed by atoms with E-state index < -0.39 is 37.0 Å². The molecule has 3 aromatic rings. The number of rotatable bonds is 10. The Bertz CT molecular complexity index is 1820. The maximum Gasteiger partial charge on any atom is 1.00 e. The first-order chi connectivity index (χ1) is 19.9. The SMILES string of the molecule is CCCC([n+]1c(/C=C(/C=C2\Sc3ccccc3[N+]23CCCC3S(=O)(=O)[O-])CCC(=O)O)sc2ccccc21)S(=O)(=O)[O-].[Na+]. The Morgan fingerprint density at radius 2 is 1.81 bits per heavy atom. The van der Waals surface area contributed by atoms with E-state index in [0.717, 1.165) is 9.60 Å². The zero-order chi connectivity index (χ0) is 30.3. The van der Waals surface area contributed by atoms with E-state index in [1.54, 1.807) is 37.3 Å². The van der Waals surface area contributed by atoms with Crippen molar-refractivity contribution in [2.24, 2.45) is 0 Å². The monoisotopic (exact) mass is 673 g/mol. The molecule has 3 heterocycles. The molecule has 1 spiro atoms. The van der Waals surface area contributed by atoms with Crippen LogP contribution in [0.5, 0.6) is 0 Å². The van der Waals surface area contributed by atoms with Gasteiger partial charge in [0.05, 0.1) is 11.4 Å². The summed E-state index contributed by atoms with van der Waals surface area (Å²) in [4.78, 5) is 12.5. The average molecular weight is 674 g/mol. The van der Waals surface area contributed by atoms with Crippen LogP contribution in [0.25, 0.3) is 16.3 Å². The third kappa shape index (κ3) is 6.83. The molecular formula is C28H30N2NaO8S4+. The number of carbonyl (C=O) groups is 1. The Kier molecular flexibility index (Phi) is 10.7. The molecule has 10 nitrogen and oxygen atoms in total. The van der Waals surface area contributed by atoms with Crippen LogP contribution < -0.4 is 38.6 Å². The first-order valence-corrected chi connectivity index (χ1v) is 18.1. The average Bonchev–Trinajstić information content (AvgIpc) is 3.60. The first kappa shape index (κ1) is 34.3. The van der Waals surface area contributed by atoms with E-state index >= 15 is 0 Å². The van der Waals surface area contributed by atoms with Gasteiger partial charge in [-0.3, -0.25) is 4.79 Å². The van der Waals surface area contributed by atoms with Crippen molar-refractivity contribution in [3.63, 3.8) is 0 Å². The van der Waals surface area contributed by atoms with Gasteiger partial charge >= 0.3 is 35.5 Å². The number of carboxylic acids is 1. The molecule has 2 aromatic carbocycles. The summed E-state index contributed by atoms with van der Waals surface area (Å²) in [6.45, 7) is 2.18. The summed E-state index contributed by atoms with van der Waals surface area (Å²) >= 11 is 2.62. The maximum absolute atomic E-state index is 12.5. The van der Waals surface area contributed by atoms with Crippen LogP contribution >= 0.6 is 23.1 Å². The molecule has 15 heteroatoms. The van der Waals surface area contributed by atoms with Gasteiger partial charge in [-0.1, -0.05) is 42.5 Å². The molecule has 43 heavy (non-hydrogen) atoms. The van der Waals surface area contributed by atoms with Crippen molar-refractivity contribution in [2.75, 3.05) is 6.54 Å². The number of fused-ring (bicyclic) bond motifs is 3. The summed E-state index contributed by atoms with van der Waals surface area (Å²) in [6.07, 6.45) is 4.50. The van der Waals surface area contributed by atoms with E-state index in [1.165, 1.54) is 27.7 Å². The number of carboxylic acid groups (broad SMARTS) is 1. The molecule has 224 valence electrons. The molecular weight excluding hydrogens is 644 g/mol. The molecule has 1 fully saturated rings. The normalized spacial score (nSPS) is 22.2.